The van der Waals surface area contributed by atoms with E-state index in [-0.39, 0.29) is 17.7 Å². The summed E-state index contributed by atoms with van der Waals surface area (Å²) in [5, 5.41) is 0. The molecule has 0 spiro atoms. The number of carbonyl (C=O) groups is 2. The molecule has 1 aromatic rings. The fraction of sp³-hybridized carbons (Fsp3) is 0.263. The van der Waals surface area contributed by atoms with Crippen LogP contribution in [0.4, 0.5) is 5.69 Å². The number of amides is 2. The number of allylic oxidation sites excluding steroid dienone is 4. The highest BCUT2D eigenvalue weighted by Crippen LogP contribution is 2.44. The molecule has 0 saturated carbocycles. The third-order valence-corrected chi connectivity index (χ3v) is 4.84. The van der Waals surface area contributed by atoms with Crippen LogP contribution in [-0.4, -0.2) is 11.8 Å². The molecule has 0 radical (unpaired) electrons. The molecule has 1 unspecified atom stereocenters. The zero-order valence-electron chi connectivity index (χ0n) is 12.3. The monoisotopic (exact) mass is 291 g/mol. The van der Waals surface area contributed by atoms with Crippen LogP contribution in [0.15, 0.2) is 65.3 Å². The van der Waals surface area contributed by atoms with E-state index in [1.54, 1.807) is 12.1 Å². The second kappa shape index (κ2) is 4.80. The quantitative estimate of drug-likeness (QED) is 0.742. The number of benzene rings is 1. The van der Waals surface area contributed by atoms with Crippen molar-refractivity contribution < 1.29 is 9.59 Å². The van der Waals surface area contributed by atoms with Gasteiger partial charge in [-0.1, -0.05) is 30.4 Å². The third-order valence-electron chi connectivity index (χ3n) is 4.84. The molecule has 110 valence electrons. The van der Waals surface area contributed by atoms with Gasteiger partial charge in [-0.3, -0.25) is 9.59 Å². The summed E-state index contributed by atoms with van der Waals surface area (Å²) in [5.74, 6) is -0.599. The lowest BCUT2D eigenvalue weighted by Gasteiger charge is -2.26. The second-order valence-corrected chi connectivity index (χ2v) is 6.13. The topological polar surface area (TPSA) is 37.4 Å². The summed E-state index contributed by atoms with van der Waals surface area (Å²) in [6, 6.07) is 9.18. The average Bonchev–Trinajstić information content (AvgIpc) is 2.78. The summed E-state index contributed by atoms with van der Waals surface area (Å²) in [6.45, 7) is 4.14. The molecule has 1 atom stereocenters. The van der Waals surface area contributed by atoms with Crippen molar-refractivity contribution in [3.8, 4) is 0 Å². The Morgan fingerprint density at radius 3 is 2.64 bits per heavy atom. The average molecular weight is 291 g/mol. The molecule has 3 aliphatic rings. The van der Waals surface area contributed by atoms with Crippen molar-refractivity contribution in [2.24, 2.45) is 5.92 Å². The Labute approximate surface area is 129 Å². The van der Waals surface area contributed by atoms with Gasteiger partial charge in [-0.15, -0.1) is 0 Å². The Balaban J connectivity index is 1.75. The molecule has 1 fully saturated rings. The number of hydrogen-bond donors (Lipinski definition) is 0. The molecule has 0 bridgehead atoms. The molecule has 3 nitrogen and oxygen atoms in total. The van der Waals surface area contributed by atoms with Gasteiger partial charge in [0.25, 0.3) is 5.91 Å². The van der Waals surface area contributed by atoms with Crippen molar-refractivity contribution in [3.63, 3.8) is 0 Å². The van der Waals surface area contributed by atoms with E-state index in [1.165, 1.54) is 16.0 Å². The molecular formula is C19H17NO2. The number of para-hydroxylation sites is 1. The summed E-state index contributed by atoms with van der Waals surface area (Å²) >= 11 is 0. The van der Waals surface area contributed by atoms with Gasteiger partial charge < -0.3 is 0 Å². The molecule has 2 aliphatic carbocycles. The molecule has 2 amide bonds. The van der Waals surface area contributed by atoms with Crippen LogP contribution in [0.1, 0.15) is 25.7 Å². The van der Waals surface area contributed by atoms with Crippen molar-refractivity contribution >= 4 is 17.5 Å². The molecule has 22 heavy (non-hydrogen) atoms. The molecule has 1 saturated heterocycles. The molecular weight excluding hydrogens is 274 g/mol. The Bertz CT molecular complexity index is 755. The van der Waals surface area contributed by atoms with E-state index in [9.17, 15) is 9.59 Å². The van der Waals surface area contributed by atoms with E-state index in [1.807, 2.05) is 24.3 Å². The Morgan fingerprint density at radius 2 is 1.86 bits per heavy atom. The zero-order valence-corrected chi connectivity index (χ0v) is 12.3. The fourth-order valence-electron chi connectivity index (χ4n) is 3.70. The first-order valence-corrected chi connectivity index (χ1v) is 7.72. The number of nitrogens with zero attached hydrogens (tertiary/aromatic N) is 1. The van der Waals surface area contributed by atoms with Crippen LogP contribution >= 0.6 is 0 Å². The van der Waals surface area contributed by atoms with Crippen LogP contribution in [0.3, 0.4) is 0 Å². The van der Waals surface area contributed by atoms with Crippen LogP contribution in [-0.2, 0) is 9.59 Å². The standard InChI is InChI=1S/C19H17NO2/c1-12-6-5-7-13-10-16-17(11-15(12)13)19(22)20(18(16)21)14-8-3-2-4-9-14/h2-4,8-10,17H,1,5-7,11H2. The largest absolute Gasteiger partial charge is 0.273 e. The molecule has 0 N–H and O–H groups in total. The SMILES string of the molecule is C=C1CCCC2=C1CC1C(=O)N(c3ccccc3)C(=O)C1=C2. The van der Waals surface area contributed by atoms with Gasteiger partial charge in [0.15, 0.2) is 0 Å². The van der Waals surface area contributed by atoms with E-state index >= 15 is 0 Å². The summed E-state index contributed by atoms with van der Waals surface area (Å²) in [7, 11) is 0. The lowest BCUT2D eigenvalue weighted by atomic mass is 9.77. The number of carbonyl (C=O) groups excluding carboxylic acids is 2. The van der Waals surface area contributed by atoms with E-state index in [0.29, 0.717) is 17.7 Å². The maximum atomic E-state index is 12.7. The van der Waals surface area contributed by atoms with Crippen molar-refractivity contribution in [2.45, 2.75) is 25.7 Å². The lowest BCUT2D eigenvalue weighted by Crippen LogP contribution is -2.30. The van der Waals surface area contributed by atoms with Crippen LogP contribution in [0, 0.1) is 5.92 Å². The minimum atomic E-state index is -0.332. The highest BCUT2D eigenvalue weighted by atomic mass is 16.2. The number of anilines is 1. The smallest absolute Gasteiger partial charge is 0.261 e. The molecule has 1 aromatic carbocycles. The first-order chi connectivity index (χ1) is 10.7. The molecule has 0 aromatic heterocycles. The molecule has 1 heterocycles. The van der Waals surface area contributed by atoms with Gasteiger partial charge in [0.2, 0.25) is 5.91 Å². The zero-order chi connectivity index (χ0) is 15.3. The van der Waals surface area contributed by atoms with Gasteiger partial charge >= 0.3 is 0 Å². The van der Waals surface area contributed by atoms with Gasteiger partial charge in [-0.05, 0) is 55.0 Å². The maximum absolute atomic E-state index is 12.7. The lowest BCUT2D eigenvalue weighted by molar-refractivity contribution is -0.122. The predicted octanol–water partition coefficient (Wildman–Crippen LogP) is 3.54. The molecule has 1 aliphatic heterocycles. The van der Waals surface area contributed by atoms with E-state index < -0.39 is 0 Å². The minimum absolute atomic E-state index is 0.104. The van der Waals surface area contributed by atoms with Crippen LogP contribution in [0.25, 0.3) is 0 Å². The van der Waals surface area contributed by atoms with Gasteiger partial charge in [0.05, 0.1) is 11.6 Å². The minimum Gasteiger partial charge on any atom is -0.273 e. The summed E-state index contributed by atoms with van der Waals surface area (Å²) in [4.78, 5) is 26.8. The Kier molecular flexibility index (Phi) is 2.89. The predicted molar refractivity (Wildman–Crippen MR) is 85.1 cm³/mol. The van der Waals surface area contributed by atoms with E-state index in [4.69, 9.17) is 0 Å². The van der Waals surface area contributed by atoms with Crippen molar-refractivity contribution in [2.75, 3.05) is 4.90 Å². The highest BCUT2D eigenvalue weighted by Gasteiger charge is 2.46. The summed E-state index contributed by atoms with van der Waals surface area (Å²) < 4.78 is 0. The van der Waals surface area contributed by atoms with Gasteiger partial charge in [0, 0.05) is 5.57 Å². The van der Waals surface area contributed by atoms with Gasteiger partial charge in [-0.25, -0.2) is 4.90 Å². The Morgan fingerprint density at radius 1 is 1.09 bits per heavy atom. The maximum Gasteiger partial charge on any atom is 0.261 e. The number of fused-ring (bicyclic) bond motifs is 1. The second-order valence-electron chi connectivity index (χ2n) is 6.13. The summed E-state index contributed by atoms with van der Waals surface area (Å²) in [6.07, 6.45) is 5.65. The summed E-state index contributed by atoms with van der Waals surface area (Å²) in [5.41, 5.74) is 4.86. The van der Waals surface area contributed by atoms with Crippen LogP contribution < -0.4 is 4.90 Å². The number of imide groups is 1. The van der Waals surface area contributed by atoms with Crippen molar-refractivity contribution in [3.05, 3.63) is 65.3 Å². The van der Waals surface area contributed by atoms with Gasteiger partial charge in [0.1, 0.15) is 0 Å². The number of rotatable bonds is 1. The molecule has 3 heteroatoms. The van der Waals surface area contributed by atoms with Crippen molar-refractivity contribution in [1.29, 1.82) is 0 Å². The normalized spacial score (nSPS) is 24.4. The van der Waals surface area contributed by atoms with E-state index in [2.05, 4.69) is 6.58 Å². The van der Waals surface area contributed by atoms with Crippen LogP contribution in [0.2, 0.25) is 0 Å². The third kappa shape index (κ3) is 1.82. The van der Waals surface area contributed by atoms with Crippen LogP contribution in [0.5, 0.6) is 0 Å². The highest BCUT2D eigenvalue weighted by molar-refractivity contribution is 6.29. The fourth-order valence-corrected chi connectivity index (χ4v) is 3.70. The molecule has 4 rings (SSSR count). The van der Waals surface area contributed by atoms with Gasteiger partial charge in [-0.2, -0.15) is 0 Å². The van der Waals surface area contributed by atoms with E-state index in [0.717, 1.165) is 24.8 Å². The Hall–Kier alpha value is -2.42. The van der Waals surface area contributed by atoms with Crippen molar-refractivity contribution in [1.82, 2.24) is 0 Å². The first-order valence-electron chi connectivity index (χ1n) is 7.72. The number of hydrogen-bond acceptors (Lipinski definition) is 2. The first kappa shape index (κ1) is 13.3.